The summed E-state index contributed by atoms with van der Waals surface area (Å²) in [5.41, 5.74) is 8.92. The lowest BCUT2D eigenvalue weighted by Crippen LogP contribution is -2.26. The van der Waals surface area contributed by atoms with Gasteiger partial charge in [0.15, 0.2) is 16.7 Å². The van der Waals surface area contributed by atoms with E-state index in [9.17, 15) is 0 Å². The molecule has 0 aromatic heterocycles. The Morgan fingerprint density at radius 3 is 2.84 bits per heavy atom. The van der Waals surface area contributed by atoms with Crippen LogP contribution >= 0.6 is 11.8 Å². The van der Waals surface area contributed by atoms with Gasteiger partial charge in [-0.15, -0.1) is 0 Å². The number of hydrogen-bond donors (Lipinski definition) is 1. The number of rotatable bonds is 3. The summed E-state index contributed by atoms with van der Waals surface area (Å²) in [7, 11) is 0. The fourth-order valence-corrected chi connectivity index (χ4v) is 3.54. The Hall–Kier alpha value is -2.47. The van der Waals surface area contributed by atoms with E-state index in [1.165, 1.54) is 16.7 Å². The number of nitrogens with zero attached hydrogens (tertiary/aromatic N) is 2. The van der Waals surface area contributed by atoms with Gasteiger partial charge < -0.3 is 9.47 Å². The molecule has 0 fully saturated rings. The number of hydrogen-bond acceptors (Lipinski definition) is 5. The number of aryl methyl sites for hydroxylation is 2. The number of aliphatic imine (C=N–C) groups is 1. The smallest absolute Gasteiger partial charge is 0.231 e. The maximum atomic E-state index is 5.40. The molecule has 0 unspecified atom stereocenters. The molecule has 0 spiro atoms. The van der Waals surface area contributed by atoms with Crippen LogP contribution in [0.5, 0.6) is 11.5 Å². The molecule has 2 aromatic rings. The third kappa shape index (κ3) is 3.49. The predicted molar refractivity (Wildman–Crippen MR) is 102 cm³/mol. The van der Waals surface area contributed by atoms with E-state index in [2.05, 4.69) is 47.6 Å². The zero-order valence-electron chi connectivity index (χ0n) is 14.2. The second-order valence-corrected chi connectivity index (χ2v) is 7.05. The number of nitrogens with one attached hydrogen (secondary N) is 1. The highest BCUT2D eigenvalue weighted by atomic mass is 32.2. The molecule has 128 valence electrons. The van der Waals surface area contributed by atoms with Gasteiger partial charge in [-0.1, -0.05) is 35.5 Å². The van der Waals surface area contributed by atoms with Gasteiger partial charge in [0.25, 0.3) is 0 Å². The number of ether oxygens (including phenoxy) is 2. The second kappa shape index (κ2) is 6.80. The van der Waals surface area contributed by atoms with Crippen molar-refractivity contribution in [1.82, 2.24) is 5.43 Å². The number of fused-ring (bicyclic) bond motifs is 1. The lowest BCUT2D eigenvalue weighted by Gasteiger charge is -2.16. The van der Waals surface area contributed by atoms with Crippen molar-refractivity contribution < 1.29 is 9.47 Å². The minimum absolute atomic E-state index is 0.292. The minimum Gasteiger partial charge on any atom is -0.454 e. The van der Waals surface area contributed by atoms with Crippen molar-refractivity contribution in [3.05, 3.63) is 58.7 Å². The molecule has 0 bridgehead atoms. The third-order valence-electron chi connectivity index (χ3n) is 4.18. The summed E-state index contributed by atoms with van der Waals surface area (Å²) in [6.07, 6.45) is 0. The van der Waals surface area contributed by atoms with Crippen LogP contribution in [-0.4, -0.2) is 23.4 Å². The Labute approximate surface area is 151 Å². The monoisotopic (exact) mass is 353 g/mol. The van der Waals surface area contributed by atoms with E-state index in [-0.39, 0.29) is 0 Å². The molecular formula is C19H19N3O2S. The normalized spacial score (nSPS) is 17.4. The van der Waals surface area contributed by atoms with E-state index in [1.807, 2.05) is 18.2 Å². The van der Waals surface area contributed by atoms with Crippen LogP contribution in [0.2, 0.25) is 0 Å². The predicted octanol–water partition coefficient (Wildman–Crippen LogP) is 3.63. The van der Waals surface area contributed by atoms with Crippen LogP contribution in [0.25, 0.3) is 0 Å². The average molecular weight is 353 g/mol. The van der Waals surface area contributed by atoms with Crippen molar-refractivity contribution in [3.63, 3.8) is 0 Å². The van der Waals surface area contributed by atoms with Crippen molar-refractivity contribution in [1.29, 1.82) is 0 Å². The first kappa shape index (κ1) is 16.0. The Bertz CT molecular complexity index is 877. The van der Waals surface area contributed by atoms with Gasteiger partial charge in [0.1, 0.15) is 0 Å². The van der Waals surface area contributed by atoms with Gasteiger partial charge in [0, 0.05) is 11.3 Å². The molecule has 25 heavy (non-hydrogen) atoms. The van der Waals surface area contributed by atoms with Gasteiger partial charge in [-0.3, -0.25) is 10.4 Å². The van der Waals surface area contributed by atoms with E-state index in [1.54, 1.807) is 11.8 Å². The molecule has 0 amide bonds. The fourth-order valence-electron chi connectivity index (χ4n) is 2.78. The number of amidine groups is 1. The molecular weight excluding hydrogens is 334 g/mol. The molecule has 0 saturated carbocycles. The molecule has 0 atom stereocenters. The van der Waals surface area contributed by atoms with Gasteiger partial charge in [-0.2, -0.15) is 5.10 Å². The topological polar surface area (TPSA) is 55.2 Å². The highest BCUT2D eigenvalue weighted by Gasteiger charge is 2.16. The first-order chi connectivity index (χ1) is 12.2. The van der Waals surface area contributed by atoms with Crippen LogP contribution in [0.1, 0.15) is 22.3 Å². The summed E-state index contributed by atoms with van der Waals surface area (Å²) in [6.45, 7) is 5.09. The Morgan fingerprint density at radius 2 is 2.00 bits per heavy atom. The minimum atomic E-state index is 0.292. The SMILES string of the molecule is Cc1ccc(C)c(C2=NNC(=NCc3ccc4c(c3)OCO4)SC2)c1. The lowest BCUT2D eigenvalue weighted by molar-refractivity contribution is 0.174. The van der Waals surface area contributed by atoms with E-state index < -0.39 is 0 Å². The van der Waals surface area contributed by atoms with Crippen molar-refractivity contribution in [3.8, 4) is 11.5 Å². The van der Waals surface area contributed by atoms with Crippen LogP contribution in [0.4, 0.5) is 0 Å². The summed E-state index contributed by atoms with van der Waals surface area (Å²) in [4.78, 5) is 4.61. The summed E-state index contributed by atoms with van der Waals surface area (Å²) < 4.78 is 10.7. The summed E-state index contributed by atoms with van der Waals surface area (Å²) >= 11 is 1.68. The largest absolute Gasteiger partial charge is 0.454 e. The Kier molecular flexibility index (Phi) is 4.36. The molecule has 5 nitrogen and oxygen atoms in total. The summed E-state index contributed by atoms with van der Waals surface area (Å²) in [6, 6.07) is 12.4. The summed E-state index contributed by atoms with van der Waals surface area (Å²) in [5, 5.41) is 5.36. The molecule has 4 rings (SSSR count). The first-order valence-electron chi connectivity index (χ1n) is 8.15. The molecule has 0 aliphatic carbocycles. The van der Waals surface area contributed by atoms with E-state index >= 15 is 0 Å². The van der Waals surface area contributed by atoms with Gasteiger partial charge >= 0.3 is 0 Å². The second-order valence-electron chi connectivity index (χ2n) is 6.09. The zero-order chi connectivity index (χ0) is 17.2. The van der Waals surface area contributed by atoms with Gasteiger partial charge in [-0.25, -0.2) is 0 Å². The van der Waals surface area contributed by atoms with Crippen molar-refractivity contribution in [2.45, 2.75) is 20.4 Å². The Morgan fingerprint density at radius 1 is 1.12 bits per heavy atom. The molecule has 2 aromatic carbocycles. The molecule has 1 N–H and O–H groups in total. The first-order valence-corrected chi connectivity index (χ1v) is 9.13. The third-order valence-corrected chi connectivity index (χ3v) is 5.09. The lowest BCUT2D eigenvalue weighted by atomic mass is 10.0. The molecule has 2 aliphatic heterocycles. The molecule has 0 saturated heterocycles. The van der Waals surface area contributed by atoms with Crippen LogP contribution in [-0.2, 0) is 6.54 Å². The van der Waals surface area contributed by atoms with Gasteiger partial charge in [-0.05, 0) is 43.2 Å². The van der Waals surface area contributed by atoms with Crippen LogP contribution in [0.15, 0.2) is 46.5 Å². The molecule has 2 aliphatic rings. The van der Waals surface area contributed by atoms with Gasteiger partial charge in [0.05, 0.1) is 12.3 Å². The van der Waals surface area contributed by atoms with Crippen LogP contribution in [0, 0.1) is 13.8 Å². The molecule has 0 radical (unpaired) electrons. The maximum Gasteiger partial charge on any atom is 0.231 e. The van der Waals surface area contributed by atoms with E-state index in [0.717, 1.165) is 33.7 Å². The van der Waals surface area contributed by atoms with Crippen molar-refractivity contribution in [2.24, 2.45) is 10.1 Å². The highest BCUT2D eigenvalue weighted by Crippen LogP contribution is 2.32. The van der Waals surface area contributed by atoms with Crippen LogP contribution < -0.4 is 14.9 Å². The van der Waals surface area contributed by atoms with Crippen LogP contribution in [0.3, 0.4) is 0 Å². The van der Waals surface area contributed by atoms with Crippen molar-refractivity contribution >= 4 is 22.6 Å². The van der Waals surface area contributed by atoms with Gasteiger partial charge in [0.2, 0.25) is 6.79 Å². The van der Waals surface area contributed by atoms with Crippen molar-refractivity contribution in [2.75, 3.05) is 12.5 Å². The standard InChI is InChI=1S/C19H19N3O2S/c1-12-3-4-13(2)15(7-12)16-10-25-19(22-21-16)20-9-14-5-6-17-18(8-14)24-11-23-17/h3-8H,9-11H2,1-2H3,(H,20,22). The molecule has 2 heterocycles. The Balaban J connectivity index is 1.45. The number of hydrazone groups is 1. The maximum absolute atomic E-state index is 5.40. The van der Waals surface area contributed by atoms with E-state index in [4.69, 9.17) is 9.47 Å². The quantitative estimate of drug-likeness (QED) is 0.915. The zero-order valence-corrected chi connectivity index (χ0v) is 15.0. The average Bonchev–Trinajstić information content (AvgIpc) is 3.10. The fraction of sp³-hybridized carbons (Fsp3) is 0.263. The summed E-state index contributed by atoms with van der Waals surface area (Å²) in [5.74, 6) is 2.40. The van der Waals surface area contributed by atoms with E-state index in [0.29, 0.717) is 13.3 Å². The number of thioether (sulfide) groups is 1. The highest BCUT2D eigenvalue weighted by molar-refractivity contribution is 8.14. The number of benzene rings is 2. The molecule has 6 heteroatoms.